The molecule has 0 amide bonds. The van der Waals surface area contributed by atoms with E-state index in [0.29, 0.717) is 17.9 Å². The number of hydrogen-bond acceptors (Lipinski definition) is 3. The van der Waals surface area contributed by atoms with Gasteiger partial charge in [-0.05, 0) is 54.8 Å². The lowest BCUT2D eigenvalue weighted by Gasteiger charge is -2.13. The van der Waals surface area contributed by atoms with Crippen molar-refractivity contribution >= 4 is 23.4 Å². The van der Waals surface area contributed by atoms with Crippen LogP contribution in [-0.2, 0) is 13.2 Å². The van der Waals surface area contributed by atoms with Crippen LogP contribution in [0.15, 0.2) is 54.7 Å². The van der Waals surface area contributed by atoms with Gasteiger partial charge in [-0.3, -0.25) is 4.98 Å². The van der Waals surface area contributed by atoms with E-state index in [1.807, 2.05) is 38.1 Å². The summed E-state index contributed by atoms with van der Waals surface area (Å²) < 4.78 is 40.5. The first-order valence-corrected chi connectivity index (χ1v) is 9.61. The topological polar surface area (TPSA) is 36.3 Å². The summed E-state index contributed by atoms with van der Waals surface area (Å²) in [6, 6.07) is 13.1. The normalized spacial score (nSPS) is 10.7. The van der Waals surface area contributed by atoms with E-state index in [2.05, 4.69) is 9.55 Å². The lowest BCUT2D eigenvalue weighted by atomic mass is 10.2. The Bertz CT molecular complexity index is 1200. The van der Waals surface area contributed by atoms with Crippen LogP contribution in [0.3, 0.4) is 0 Å². The highest BCUT2D eigenvalue weighted by molar-refractivity contribution is 5.86. The smallest absolute Gasteiger partial charge is 0.147 e. The second-order valence-electron chi connectivity index (χ2n) is 7.22. The monoisotopic (exact) mass is 444 g/mol. The van der Waals surface area contributed by atoms with Crippen LogP contribution < -0.4 is 9.47 Å². The molecule has 0 spiro atoms. The van der Waals surface area contributed by atoms with Gasteiger partial charge in [0, 0.05) is 30.6 Å². The Morgan fingerprint density at radius 3 is 2.42 bits per heavy atom. The Morgan fingerprint density at radius 1 is 0.968 bits per heavy atom. The van der Waals surface area contributed by atoms with Gasteiger partial charge in [0.05, 0.1) is 12.6 Å². The predicted molar refractivity (Wildman–Crippen MR) is 119 cm³/mol. The molecule has 0 N–H and O–H groups in total. The zero-order valence-corrected chi connectivity index (χ0v) is 18.3. The molecule has 0 radical (unpaired) electrons. The van der Waals surface area contributed by atoms with Crippen molar-refractivity contribution in [3.05, 3.63) is 88.7 Å². The fourth-order valence-electron chi connectivity index (χ4n) is 3.64. The van der Waals surface area contributed by atoms with Crippen LogP contribution in [-0.4, -0.2) is 16.7 Å². The minimum absolute atomic E-state index is 0. The minimum Gasteiger partial charge on any atom is -0.497 e. The summed E-state index contributed by atoms with van der Waals surface area (Å²) in [6.07, 6.45) is 1.69. The van der Waals surface area contributed by atoms with Gasteiger partial charge in [-0.1, -0.05) is 12.1 Å². The van der Waals surface area contributed by atoms with Gasteiger partial charge in [-0.25, -0.2) is 8.78 Å². The highest BCUT2D eigenvalue weighted by Crippen LogP contribution is 2.32. The molecule has 31 heavy (non-hydrogen) atoms. The van der Waals surface area contributed by atoms with Crippen LogP contribution in [0, 0.1) is 25.5 Å². The van der Waals surface area contributed by atoms with E-state index in [-0.39, 0.29) is 19.0 Å². The first-order chi connectivity index (χ1) is 14.5. The first kappa shape index (κ1) is 22.6. The van der Waals surface area contributed by atoms with Crippen molar-refractivity contribution in [3.63, 3.8) is 0 Å². The van der Waals surface area contributed by atoms with E-state index in [1.165, 1.54) is 12.1 Å². The summed E-state index contributed by atoms with van der Waals surface area (Å²) in [6.45, 7) is 4.74. The van der Waals surface area contributed by atoms with Gasteiger partial charge in [0.2, 0.25) is 0 Å². The molecule has 2 aromatic heterocycles. The van der Waals surface area contributed by atoms with Crippen molar-refractivity contribution in [3.8, 4) is 11.5 Å². The van der Waals surface area contributed by atoms with Crippen molar-refractivity contribution < 1.29 is 18.3 Å². The molecule has 0 saturated carbocycles. The van der Waals surface area contributed by atoms with Crippen molar-refractivity contribution in [1.82, 2.24) is 9.55 Å². The molecule has 0 saturated heterocycles. The SMILES string of the molecule is COc1cccc(Cn2c(C)c(C)c3nccc(OCc4cc(F)cc(F)c4)c32)c1.Cl. The van der Waals surface area contributed by atoms with E-state index in [0.717, 1.165) is 39.7 Å². The summed E-state index contributed by atoms with van der Waals surface area (Å²) in [5.41, 5.74) is 5.35. The van der Waals surface area contributed by atoms with Crippen LogP contribution in [0.25, 0.3) is 11.0 Å². The fourth-order valence-corrected chi connectivity index (χ4v) is 3.64. The average Bonchev–Trinajstić information content (AvgIpc) is 2.97. The number of fused-ring (bicyclic) bond motifs is 1. The zero-order valence-electron chi connectivity index (χ0n) is 17.5. The highest BCUT2D eigenvalue weighted by Gasteiger charge is 2.17. The van der Waals surface area contributed by atoms with Crippen molar-refractivity contribution in [1.29, 1.82) is 0 Å². The predicted octanol–water partition coefficient (Wildman–Crippen LogP) is 5.99. The summed E-state index contributed by atoms with van der Waals surface area (Å²) in [5.74, 6) is 0.160. The van der Waals surface area contributed by atoms with Gasteiger partial charge in [0.25, 0.3) is 0 Å². The average molecular weight is 445 g/mol. The Labute approximate surface area is 185 Å². The van der Waals surface area contributed by atoms with Crippen molar-refractivity contribution in [2.75, 3.05) is 7.11 Å². The van der Waals surface area contributed by atoms with E-state index in [9.17, 15) is 8.78 Å². The number of nitrogens with zero attached hydrogens (tertiary/aromatic N) is 2. The second kappa shape index (κ2) is 9.35. The number of ether oxygens (including phenoxy) is 2. The molecule has 0 unspecified atom stereocenters. The third-order valence-electron chi connectivity index (χ3n) is 5.25. The molecule has 4 rings (SSSR count). The van der Waals surface area contributed by atoms with Gasteiger partial charge in [-0.2, -0.15) is 0 Å². The Balaban J connectivity index is 0.00000272. The fraction of sp³-hybridized carbons (Fsp3) is 0.208. The van der Waals surface area contributed by atoms with E-state index in [1.54, 1.807) is 19.4 Å². The van der Waals surface area contributed by atoms with Crippen molar-refractivity contribution in [2.45, 2.75) is 27.0 Å². The third-order valence-corrected chi connectivity index (χ3v) is 5.25. The molecular weight excluding hydrogens is 422 g/mol. The standard InChI is InChI=1S/C24H22F2N2O2.ClH/c1-15-16(2)28(13-17-5-4-6-21(11-17)29-3)24-22(7-8-27-23(15)24)30-14-18-9-19(25)12-20(26)10-18;/h4-12H,13-14H2,1-3H3;1H. The Kier molecular flexibility index (Phi) is 6.81. The molecule has 2 heterocycles. The molecule has 7 heteroatoms. The van der Waals surface area contributed by atoms with Crippen LogP contribution in [0.4, 0.5) is 8.78 Å². The Hall–Kier alpha value is -3.12. The summed E-state index contributed by atoms with van der Waals surface area (Å²) in [5, 5.41) is 0. The number of aromatic nitrogens is 2. The first-order valence-electron chi connectivity index (χ1n) is 9.61. The molecule has 2 aromatic carbocycles. The molecule has 4 nitrogen and oxygen atoms in total. The molecule has 162 valence electrons. The highest BCUT2D eigenvalue weighted by atomic mass is 35.5. The van der Waals surface area contributed by atoms with Gasteiger partial charge in [0.1, 0.15) is 35.3 Å². The van der Waals surface area contributed by atoms with E-state index in [4.69, 9.17) is 9.47 Å². The number of aryl methyl sites for hydroxylation is 1. The maximum Gasteiger partial charge on any atom is 0.147 e. The molecule has 0 aliphatic rings. The number of hydrogen-bond donors (Lipinski definition) is 0. The van der Waals surface area contributed by atoms with Gasteiger partial charge >= 0.3 is 0 Å². The number of rotatable bonds is 6. The van der Waals surface area contributed by atoms with E-state index >= 15 is 0 Å². The number of pyridine rings is 1. The van der Waals surface area contributed by atoms with Crippen LogP contribution in [0.1, 0.15) is 22.4 Å². The summed E-state index contributed by atoms with van der Waals surface area (Å²) in [7, 11) is 1.64. The summed E-state index contributed by atoms with van der Waals surface area (Å²) >= 11 is 0. The molecule has 0 atom stereocenters. The van der Waals surface area contributed by atoms with Crippen molar-refractivity contribution in [2.24, 2.45) is 0 Å². The van der Waals surface area contributed by atoms with Crippen LogP contribution in [0.5, 0.6) is 11.5 Å². The van der Waals surface area contributed by atoms with Gasteiger partial charge in [-0.15, -0.1) is 12.4 Å². The van der Waals surface area contributed by atoms with Crippen LogP contribution >= 0.6 is 12.4 Å². The second-order valence-corrected chi connectivity index (χ2v) is 7.22. The number of halogens is 3. The maximum absolute atomic E-state index is 13.5. The van der Waals surface area contributed by atoms with Gasteiger partial charge in [0.15, 0.2) is 0 Å². The molecule has 0 bridgehead atoms. The largest absolute Gasteiger partial charge is 0.497 e. The lowest BCUT2D eigenvalue weighted by molar-refractivity contribution is 0.307. The lowest BCUT2D eigenvalue weighted by Crippen LogP contribution is -2.05. The molecule has 4 aromatic rings. The summed E-state index contributed by atoms with van der Waals surface area (Å²) in [4.78, 5) is 4.54. The van der Waals surface area contributed by atoms with Crippen LogP contribution in [0.2, 0.25) is 0 Å². The third kappa shape index (κ3) is 4.64. The molecule has 0 aliphatic heterocycles. The number of benzene rings is 2. The molecule has 0 aliphatic carbocycles. The number of methoxy groups -OCH3 is 1. The maximum atomic E-state index is 13.5. The zero-order chi connectivity index (χ0) is 21.3. The van der Waals surface area contributed by atoms with Gasteiger partial charge < -0.3 is 14.0 Å². The minimum atomic E-state index is -0.624. The van der Waals surface area contributed by atoms with E-state index < -0.39 is 11.6 Å². The Morgan fingerprint density at radius 2 is 1.71 bits per heavy atom. The quantitative estimate of drug-likeness (QED) is 0.366. The molecule has 0 fully saturated rings. The molecular formula is C24H23ClF2N2O2.